The number of hydrogen-bond donors (Lipinski definition) is 1. The van der Waals surface area contributed by atoms with Gasteiger partial charge in [-0.05, 0) is 31.4 Å². The molecule has 2 N–H and O–H groups in total. The first-order chi connectivity index (χ1) is 7.12. The second-order valence-electron chi connectivity index (χ2n) is 4.56. The third-order valence-corrected chi connectivity index (χ3v) is 3.47. The van der Waals surface area contributed by atoms with Crippen LogP contribution in [0.5, 0.6) is 0 Å². The number of nitrogens with zero attached hydrogens (tertiary/aromatic N) is 2. The van der Waals surface area contributed by atoms with Crippen molar-refractivity contribution in [3.05, 3.63) is 29.5 Å². The van der Waals surface area contributed by atoms with Gasteiger partial charge in [-0.2, -0.15) is 5.10 Å². The lowest BCUT2D eigenvalue weighted by Crippen LogP contribution is -2.19. The van der Waals surface area contributed by atoms with Crippen LogP contribution in [0, 0.1) is 6.92 Å². The van der Waals surface area contributed by atoms with E-state index in [0.29, 0.717) is 0 Å². The summed E-state index contributed by atoms with van der Waals surface area (Å²) in [4.78, 5) is 0. The molecule has 0 spiro atoms. The molecule has 1 heterocycles. The second-order valence-corrected chi connectivity index (χ2v) is 4.56. The highest BCUT2D eigenvalue weighted by molar-refractivity contribution is 5.86. The Kier molecular flexibility index (Phi) is 1.55. The first-order valence-electron chi connectivity index (χ1n) is 5.33. The van der Waals surface area contributed by atoms with E-state index in [1.165, 1.54) is 16.6 Å². The quantitative estimate of drug-likeness (QED) is 0.765. The maximum absolute atomic E-state index is 6.28. The number of aromatic nitrogens is 2. The maximum Gasteiger partial charge on any atom is 0.0929 e. The molecular weight excluding hydrogens is 186 g/mol. The Labute approximate surface area is 88.9 Å². The van der Waals surface area contributed by atoms with Crippen LogP contribution in [0.25, 0.3) is 10.9 Å². The van der Waals surface area contributed by atoms with E-state index in [2.05, 4.69) is 30.2 Å². The van der Waals surface area contributed by atoms with Gasteiger partial charge in [0.1, 0.15) is 0 Å². The van der Waals surface area contributed by atoms with E-state index in [1.54, 1.807) is 0 Å². The Morgan fingerprint density at radius 3 is 2.80 bits per heavy atom. The molecule has 0 bridgehead atoms. The molecule has 78 valence electrons. The van der Waals surface area contributed by atoms with Crippen LogP contribution in [0.4, 0.5) is 0 Å². The van der Waals surface area contributed by atoms with Crippen molar-refractivity contribution in [2.75, 3.05) is 0 Å². The predicted octanol–water partition coefficient (Wildman–Crippen LogP) is 1.83. The summed E-state index contributed by atoms with van der Waals surface area (Å²) in [6, 6.07) is 6.25. The van der Waals surface area contributed by atoms with Crippen molar-refractivity contribution in [1.82, 2.24) is 9.78 Å². The maximum atomic E-state index is 6.28. The SMILES string of the molecule is Cc1c2c(C3(N)CC3)cccc2nn1C. The van der Waals surface area contributed by atoms with E-state index >= 15 is 0 Å². The lowest BCUT2D eigenvalue weighted by atomic mass is 10.00. The molecule has 1 fully saturated rings. The largest absolute Gasteiger partial charge is 0.321 e. The van der Waals surface area contributed by atoms with Gasteiger partial charge in [0.05, 0.1) is 5.52 Å². The van der Waals surface area contributed by atoms with Crippen LogP contribution in [0.1, 0.15) is 24.1 Å². The molecule has 0 saturated heterocycles. The Balaban J connectivity index is 2.38. The molecule has 0 amide bonds. The predicted molar refractivity (Wildman–Crippen MR) is 60.6 cm³/mol. The summed E-state index contributed by atoms with van der Waals surface area (Å²) in [6.07, 6.45) is 2.20. The normalized spacial score (nSPS) is 18.3. The Bertz CT molecular complexity index is 535. The zero-order valence-corrected chi connectivity index (χ0v) is 9.12. The molecule has 1 aromatic carbocycles. The molecule has 1 aliphatic rings. The number of hydrogen-bond acceptors (Lipinski definition) is 2. The molecule has 0 unspecified atom stereocenters. The highest BCUT2D eigenvalue weighted by atomic mass is 15.3. The van der Waals surface area contributed by atoms with Gasteiger partial charge in [-0.3, -0.25) is 4.68 Å². The highest BCUT2D eigenvalue weighted by Crippen LogP contribution is 2.45. The van der Waals surface area contributed by atoms with E-state index in [-0.39, 0.29) is 5.54 Å². The second kappa shape index (κ2) is 2.61. The zero-order valence-electron chi connectivity index (χ0n) is 9.12. The van der Waals surface area contributed by atoms with Crippen molar-refractivity contribution >= 4 is 10.9 Å². The van der Waals surface area contributed by atoms with E-state index in [0.717, 1.165) is 18.4 Å². The van der Waals surface area contributed by atoms with Crippen LogP contribution < -0.4 is 5.73 Å². The Hall–Kier alpha value is -1.35. The van der Waals surface area contributed by atoms with Crippen LogP contribution in [-0.2, 0) is 12.6 Å². The van der Waals surface area contributed by atoms with Crippen LogP contribution in [-0.4, -0.2) is 9.78 Å². The monoisotopic (exact) mass is 201 g/mol. The van der Waals surface area contributed by atoms with Gasteiger partial charge in [0.15, 0.2) is 0 Å². The average molecular weight is 201 g/mol. The van der Waals surface area contributed by atoms with Gasteiger partial charge in [-0.25, -0.2) is 0 Å². The van der Waals surface area contributed by atoms with Crippen LogP contribution in [0.2, 0.25) is 0 Å². The smallest absolute Gasteiger partial charge is 0.0929 e. The molecule has 3 nitrogen and oxygen atoms in total. The molecule has 0 atom stereocenters. The molecule has 0 radical (unpaired) electrons. The van der Waals surface area contributed by atoms with Gasteiger partial charge < -0.3 is 5.73 Å². The molecule has 2 aromatic rings. The van der Waals surface area contributed by atoms with Crippen molar-refractivity contribution < 1.29 is 0 Å². The number of rotatable bonds is 1. The molecule has 3 rings (SSSR count). The lowest BCUT2D eigenvalue weighted by Gasteiger charge is -2.10. The Morgan fingerprint density at radius 2 is 2.13 bits per heavy atom. The number of fused-ring (bicyclic) bond motifs is 1. The summed E-state index contributed by atoms with van der Waals surface area (Å²) >= 11 is 0. The fraction of sp³-hybridized carbons (Fsp3) is 0.417. The van der Waals surface area contributed by atoms with Gasteiger partial charge >= 0.3 is 0 Å². The highest BCUT2D eigenvalue weighted by Gasteiger charge is 2.41. The third kappa shape index (κ3) is 1.13. The van der Waals surface area contributed by atoms with Crippen LogP contribution in [0.3, 0.4) is 0 Å². The molecule has 0 aliphatic heterocycles. The Morgan fingerprint density at radius 1 is 1.40 bits per heavy atom. The van der Waals surface area contributed by atoms with Crippen LogP contribution >= 0.6 is 0 Å². The van der Waals surface area contributed by atoms with Gasteiger partial charge in [0.2, 0.25) is 0 Å². The summed E-state index contributed by atoms with van der Waals surface area (Å²) in [5.41, 5.74) is 9.73. The van der Waals surface area contributed by atoms with Gasteiger partial charge in [-0.15, -0.1) is 0 Å². The molecular formula is C12H15N3. The average Bonchev–Trinajstić information content (AvgIpc) is 2.89. The summed E-state index contributed by atoms with van der Waals surface area (Å²) in [5, 5.41) is 5.73. The third-order valence-electron chi connectivity index (χ3n) is 3.47. The summed E-state index contributed by atoms with van der Waals surface area (Å²) < 4.78 is 1.93. The number of benzene rings is 1. The van der Waals surface area contributed by atoms with E-state index < -0.39 is 0 Å². The van der Waals surface area contributed by atoms with Crippen LogP contribution in [0.15, 0.2) is 18.2 Å². The topological polar surface area (TPSA) is 43.8 Å². The van der Waals surface area contributed by atoms with Crippen molar-refractivity contribution in [2.45, 2.75) is 25.3 Å². The number of nitrogens with two attached hydrogens (primary N) is 1. The summed E-state index contributed by atoms with van der Waals surface area (Å²) in [6.45, 7) is 2.10. The minimum atomic E-state index is -0.0761. The van der Waals surface area contributed by atoms with E-state index in [9.17, 15) is 0 Å². The fourth-order valence-corrected chi connectivity index (χ4v) is 2.22. The van der Waals surface area contributed by atoms with Crippen molar-refractivity contribution in [2.24, 2.45) is 12.8 Å². The number of aryl methyl sites for hydroxylation is 2. The summed E-state index contributed by atoms with van der Waals surface area (Å²) in [5.74, 6) is 0. The zero-order chi connectivity index (χ0) is 10.6. The standard InChI is InChI=1S/C12H15N3/c1-8-11-9(12(13)6-7-12)4-3-5-10(11)14-15(8)2/h3-5H,6-7,13H2,1-2H3. The molecule has 15 heavy (non-hydrogen) atoms. The molecule has 1 aliphatic carbocycles. The van der Waals surface area contributed by atoms with Crippen molar-refractivity contribution in [3.63, 3.8) is 0 Å². The van der Waals surface area contributed by atoms with Gasteiger partial charge in [-0.1, -0.05) is 12.1 Å². The first-order valence-corrected chi connectivity index (χ1v) is 5.33. The lowest BCUT2D eigenvalue weighted by molar-refractivity contribution is 0.740. The molecule has 3 heteroatoms. The minimum absolute atomic E-state index is 0.0761. The van der Waals surface area contributed by atoms with Gasteiger partial charge in [0, 0.05) is 23.7 Å². The first kappa shape index (κ1) is 8.92. The van der Waals surface area contributed by atoms with Crippen molar-refractivity contribution in [3.8, 4) is 0 Å². The van der Waals surface area contributed by atoms with Crippen molar-refractivity contribution in [1.29, 1.82) is 0 Å². The summed E-state index contributed by atoms with van der Waals surface area (Å²) in [7, 11) is 1.98. The minimum Gasteiger partial charge on any atom is -0.321 e. The van der Waals surface area contributed by atoms with E-state index in [4.69, 9.17) is 5.73 Å². The van der Waals surface area contributed by atoms with E-state index in [1.807, 2.05) is 11.7 Å². The fourth-order valence-electron chi connectivity index (χ4n) is 2.22. The molecule has 1 saturated carbocycles. The molecule has 1 aromatic heterocycles. The van der Waals surface area contributed by atoms with Gasteiger partial charge in [0.25, 0.3) is 0 Å².